The van der Waals surface area contributed by atoms with Crippen LogP contribution in [0.2, 0.25) is 0 Å². The highest BCUT2D eigenvalue weighted by Crippen LogP contribution is 2.28. The van der Waals surface area contributed by atoms with Crippen molar-refractivity contribution in [2.24, 2.45) is 0 Å². The standard InChI is InChI=1S/C15H13N3O2S/c1-9(14(19)20)8-12-13(11-6-4-3-5-7-11)16-15-18(12)17-10(2)21-15/h3-8H,1-2H3,(H,19,20). The molecule has 0 aliphatic rings. The molecule has 2 aromatic heterocycles. The summed E-state index contributed by atoms with van der Waals surface area (Å²) in [4.78, 5) is 16.5. The molecule has 6 heteroatoms. The van der Waals surface area contributed by atoms with Crippen molar-refractivity contribution in [2.45, 2.75) is 13.8 Å². The van der Waals surface area contributed by atoms with Gasteiger partial charge in [0.25, 0.3) is 0 Å². The van der Waals surface area contributed by atoms with Gasteiger partial charge in [0.05, 0.1) is 11.4 Å². The molecular formula is C15H13N3O2S. The van der Waals surface area contributed by atoms with Crippen molar-refractivity contribution in [1.29, 1.82) is 0 Å². The van der Waals surface area contributed by atoms with E-state index in [2.05, 4.69) is 10.1 Å². The highest BCUT2D eigenvalue weighted by molar-refractivity contribution is 7.16. The van der Waals surface area contributed by atoms with E-state index < -0.39 is 5.97 Å². The van der Waals surface area contributed by atoms with E-state index in [0.29, 0.717) is 5.69 Å². The minimum atomic E-state index is -0.948. The summed E-state index contributed by atoms with van der Waals surface area (Å²) in [7, 11) is 0. The van der Waals surface area contributed by atoms with Gasteiger partial charge < -0.3 is 5.11 Å². The molecule has 2 heterocycles. The van der Waals surface area contributed by atoms with Crippen molar-refractivity contribution in [1.82, 2.24) is 14.6 Å². The molecule has 5 nitrogen and oxygen atoms in total. The number of aryl methyl sites for hydroxylation is 1. The van der Waals surface area contributed by atoms with Crippen molar-refractivity contribution in [3.8, 4) is 11.3 Å². The summed E-state index contributed by atoms with van der Waals surface area (Å²) >= 11 is 1.48. The van der Waals surface area contributed by atoms with Gasteiger partial charge in [0.1, 0.15) is 5.01 Å². The Morgan fingerprint density at radius 1 is 1.33 bits per heavy atom. The van der Waals surface area contributed by atoms with Crippen molar-refractivity contribution in [3.05, 3.63) is 46.6 Å². The number of imidazole rings is 1. The largest absolute Gasteiger partial charge is 0.478 e. The van der Waals surface area contributed by atoms with E-state index in [4.69, 9.17) is 5.11 Å². The summed E-state index contributed by atoms with van der Waals surface area (Å²) in [5.41, 5.74) is 2.63. The first-order chi connectivity index (χ1) is 10.1. The Bertz CT molecular complexity index is 847. The number of carboxylic acid groups (broad SMARTS) is 1. The third kappa shape index (κ3) is 2.45. The highest BCUT2D eigenvalue weighted by Gasteiger charge is 2.16. The van der Waals surface area contributed by atoms with Gasteiger partial charge in [0, 0.05) is 11.1 Å². The molecule has 0 amide bonds. The van der Waals surface area contributed by atoms with Crippen LogP contribution >= 0.6 is 11.3 Å². The molecule has 0 radical (unpaired) electrons. The Morgan fingerprint density at radius 3 is 2.71 bits per heavy atom. The molecule has 0 atom stereocenters. The van der Waals surface area contributed by atoms with Gasteiger partial charge in [-0.1, -0.05) is 41.7 Å². The summed E-state index contributed by atoms with van der Waals surface area (Å²) in [6, 6.07) is 9.69. The molecule has 0 saturated carbocycles. The Morgan fingerprint density at radius 2 is 2.05 bits per heavy atom. The maximum atomic E-state index is 11.1. The number of fused-ring (bicyclic) bond motifs is 1. The van der Waals surface area contributed by atoms with Gasteiger partial charge in [0.2, 0.25) is 4.96 Å². The number of carboxylic acids is 1. The molecule has 0 spiro atoms. The maximum absolute atomic E-state index is 11.1. The van der Waals surface area contributed by atoms with Gasteiger partial charge in [-0.15, -0.1) is 0 Å². The third-order valence-corrected chi connectivity index (χ3v) is 3.90. The summed E-state index contributed by atoms with van der Waals surface area (Å²) in [6.45, 7) is 3.47. The minimum Gasteiger partial charge on any atom is -0.478 e. The normalized spacial score (nSPS) is 12.0. The zero-order valence-electron chi connectivity index (χ0n) is 11.6. The van der Waals surface area contributed by atoms with Gasteiger partial charge in [-0.25, -0.2) is 14.3 Å². The Hall–Kier alpha value is -2.47. The zero-order valence-corrected chi connectivity index (χ0v) is 12.4. The smallest absolute Gasteiger partial charge is 0.331 e. The maximum Gasteiger partial charge on any atom is 0.331 e. The topological polar surface area (TPSA) is 67.5 Å². The van der Waals surface area contributed by atoms with E-state index in [9.17, 15) is 4.79 Å². The monoisotopic (exact) mass is 299 g/mol. The van der Waals surface area contributed by atoms with E-state index in [1.165, 1.54) is 11.3 Å². The fourth-order valence-corrected chi connectivity index (χ4v) is 2.81. The lowest BCUT2D eigenvalue weighted by Gasteiger charge is -2.00. The number of hydrogen-bond donors (Lipinski definition) is 1. The van der Waals surface area contributed by atoms with Crippen LogP contribution in [0.25, 0.3) is 22.3 Å². The van der Waals surface area contributed by atoms with E-state index in [1.54, 1.807) is 17.5 Å². The third-order valence-electron chi connectivity index (χ3n) is 3.08. The predicted molar refractivity (Wildman–Crippen MR) is 82.3 cm³/mol. The molecule has 0 unspecified atom stereocenters. The first-order valence-electron chi connectivity index (χ1n) is 6.39. The molecule has 0 aliphatic carbocycles. The van der Waals surface area contributed by atoms with Crippen molar-refractivity contribution in [3.63, 3.8) is 0 Å². The summed E-state index contributed by atoms with van der Waals surface area (Å²) in [6.07, 6.45) is 1.61. The molecular weight excluding hydrogens is 286 g/mol. The van der Waals surface area contributed by atoms with E-state index in [0.717, 1.165) is 21.2 Å². The van der Waals surface area contributed by atoms with Crippen molar-refractivity contribution < 1.29 is 9.90 Å². The van der Waals surface area contributed by atoms with Crippen LogP contribution < -0.4 is 0 Å². The second kappa shape index (κ2) is 5.14. The molecule has 0 saturated heterocycles. The number of hydrogen-bond acceptors (Lipinski definition) is 4. The highest BCUT2D eigenvalue weighted by atomic mass is 32.1. The van der Waals surface area contributed by atoms with Crippen LogP contribution in [-0.2, 0) is 4.79 Å². The summed E-state index contributed by atoms with van der Waals surface area (Å²) < 4.78 is 1.70. The Kier molecular flexibility index (Phi) is 3.31. The van der Waals surface area contributed by atoms with Gasteiger partial charge in [-0.3, -0.25) is 0 Å². The average molecular weight is 299 g/mol. The number of aliphatic carboxylic acids is 1. The van der Waals surface area contributed by atoms with Crippen LogP contribution in [0, 0.1) is 6.92 Å². The quantitative estimate of drug-likeness (QED) is 0.754. The molecule has 106 valence electrons. The number of nitrogens with zero attached hydrogens (tertiary/aromatic N) is 3. The second-order valence-electron chi connectivity index (χ2n) is 4.66. The number of rotatable bonds is 3. The van der Waals surface area contributed by atoms with Crippen LogP contribution in [0.4, 0.5) is 0 Å². The molecule has 1 aromatic carbocycles. The van der Waals surface area contributed by atoms with Gasteiger partial charge in [0.15, 0.2) is 0 Å². The van der Waals surface area contributed by atoms with Gasteiger partial charge in [-0.2, -0.15) is 5.10 Å². The van der Waals surface area contributed by atoms with Crippen molar-refractivity contribution >= 4 is 28.3 Å². The lowest BCUT2D eigenvalue weighted by Crippen LogP contribution is -1.98. The molecule has 1 N–H and O–H groups in total. The molecule has 0 bridgehead atoms. The second-order valence-corrected chi connectivity index (χ2v) is 5.82. The Balaban J connectivity index is 2.27. The van der Waals surface area contributed by atoms with Crippen LogP contribution in [0.5, 0.6) is 0 Å². The van der Waals surface area contributed by atoms with Gasteiger partial charge in [-0.05, 0) is 19.9 Å². The average Bonchev–Trinajstić information content (AvgIpc) is 2.97. The zero-order chi connectivity index (χ0) is 15.0. The first-order valence-corrected chi connectivity index (χ1v) is 7.21. The van der Waals surface area contributed by atoms with Crippen LogP contribution in [0.3, 0.4) is 0 Å². The molecule has 0 fully saturated rings. The predicted octanol–water partition coefficient (Wildman–Crippen LogP) is 3.25. The summed E-state index contributed by atoms with van der Waals surface area (Å²) in [5, 5.41) is 14.4. The van der Waals surface area contributed by atoms with E-state index in [1.807, 2.05) is 37.3 Å². The van der Waals surface area contributed by atoms with Crippen molar-refractivity contribution in [2.75, 3.05) is 0 Å². The first kappa shape index (κ1) is 13.5. The van der Waals surface area contributed by atoms with Crippen LogP contribution in [0.1, 0.15) is 17.6 Å². The molecule has 3 rings (SSSR count). The molecule has 0 aliphatic heterocycles. The van der Waals surface area contributed by atoms with Crippen LogP contribution in [0.15, 0.2) is 35.9 Å². The fraction of sp³-hybridized carbons (Fsp3) is 0.133. The van der Waals surface area contributed by atoms with E-state index in [-0.39, 0.29) is 5.57 Å². The SMILES string of the molecule is CC(=Cc1c(-c2ccccc2)nc2sc(C)nn12)C(=O)O. The number of benzene rings is 1. The van der Waals surface area contributed by atoms with Crippen LogP contribution in [-0.4, -0.2) is 25.7 Å². The molecule has 3 aromatic rings. The summed E-state index contributed by atoms with van der Waals surface area (Å²) in [5.74, 6) is -0.948. The lowest BCUT2D eigenvalue weighted by molar-refractivity contribution is -0.132. The minimum absolute atomic E-state index is 0.250. The molecule has 21 heavy (non-hydrogen) atoms. The fourth-order valence-electron chi connectivity index (χ4n) is 2.06. The lowest BCUT2D eigenvalue weighted by atomic mass is 10.1. The Labute approximate surface area is 125 Å². The number of aromatic nitrogens is 3. The van der Waals surface area contributed by atoms with Gasteiger partial charge >= 0.3 is 5.97 Å². The van der Waals surface area contributed by atoms with E-state index >= 15 is 0 Å². The number of carbonyl (C=O) groups is 1.